The van der Waals surface area contributed by atoms with Crippen molar-refractivity contribution in [1.82, 2.24) is 4.90 Å². The Morgan fingerprint density at radius 1 is 0.963 bits per heavy atom. The number of aliphatic hydroxyl groups is 1. The monoisotopic (exact) mass is 358 g/mol. The second-order valence-electron chi connectivity index (χ2n) is 7.29. The summed E-state index contributed by atoms with van der Waals surface area (Å²) in [6.45, 7) is 5.90. The lowest BCUT2D eigenvalue weighted by Gasteiger charge is -2.27. The number of hydrogen-bond acceptors (Lipinski definition) is 3. The molecule has 1 N–H and O–H groups in total. The topological polar surface area (TPSA) is 47.3 Å². The molecule has 3 heteroatoms. The zero-order chi connectivity index (χ0) is 19.2. The Hall–Kier alpha value is -2.67. The first kappa shape index (κ1) is 19.1. The third kappa shape index (κ3) is 4.95. The van der Waals surface area contributed by atoms with Gasteiger partial charge in [-0.05, 0) is 60.4 Å². The maximum atomic E-state index is 10.7. The second-order valence-corrected chi connectivity index (χ2v) is 7.29. The van der Waals surface area contributed by atoms with Crippen LogP contribution in [0, 0.1) is 11.3 Å². The van der Waals surface area contributed by atoms with Crippen molar-refractivity contribution in [3.8, 4) is 6.07 Å². The molecule has 3 rings (SSSR count). The molecule has 3 aromatic carbocycles. The highest BCUT2D eigenvalue weighted by molar-refractivity contribution is 5.83. The van der Waals surface area contributed by atoms with E-state index < -0.39 is 6.10 Å². The molecule has 0 amide bonds. The lowest BCUT2D eigenvalue weighted by molar-refractivity contribution is 0.127. The fourth-order valence-corrected chi connectivity index (χ4v) is 3.36. The van der Waals surface area contributed by atoms with E-state index in [0.717, 1.165) is 29.6 Å². The van der Waals surface area contributed by atoms with Crippen molar-refractivity contribution in [3.05, 3.63) is 83.4 Å². The molecule has 0 saturated carbocycles. The van der Waals surface area contributed by atoms with Crippen LogP contribution in [0.3, 0.4) is 0 Å². The summed E-state index contributed by atoms with van der Waals surface area (Å²) in [5, 5.41) is 22.1. The number of hydrogen-bond donors (Lipinski definition) is 1. The molecule has 0 spiro atoms. The van der Waals surface area contributed by atoms with Crippen molar-refractivity contribution in [3.63, 3.8) is 0 Å². The Balaban J connectivity index is 1.66. The highest BCUT2D eigenvalue weighted by atomic mass is 16.3. The van der Waals surface area contributed by atoms with E-state index in [-0.39, 0.29) is 0 Å². The van der Waals surface area contributed by atoms with Crippen LogP contribution in [-0.4, -0.2) is 22.6 Å². The summed E-state index contributed by atoms with van der Waals surface area (Å²) >= 11 is 0. The van der Waals surface area contributed by atoms with E-state index in [0.29, 0.717) is 18.0 Å². The molecule has 0 aromatic heterocycles. The fraction of sp³-hybridized carbons (Fsp3) is 0.292. The van der Waals surface area contributed by atoms with E-state index in [4.69, 9.17) is 5.26 Å². The first-order valence-electron chi connectivity index (χ1n) is 9.46. The minimum absolute atomic E-state index is 0.361. The molecule has 1 unspecified atom stereocenters. The van der Waals surface area contributed by atoms with Crippen LogP contribution in [0.1, 0.15) is 43.1 Å². The number of rotatable bonds is 7. The number of nitrogens with zero attached hydrogens (tertiary/aromatic N) is 2. The van der Waals surface area contributed by atoms with E-state index in [1.54, 1.807) is 0 Å². The third-order valence-corrected chi connectivity index (χ3v) is 5.02. The second kappa shape index (κ2) is 8.81. The average molecular weight is 358 g/mol. The molecule has 0 aliphatic carbocycles. The first-order chi connectivity index (χ1) is 13.1. The Morgan fingerprint density at radius 2 is 1.74 bits per heavy atom. The van der Waals surface area contributed by atoms with Gasteiger partial charge in [-0.25, -0.2) is 0 Å². The van der Waals surface area contributed by atoms with Crippen molar-refractivity contribution in [2.45, 2.75) is 39.0 Å². The van der Waals surface area contributed by atoms with Gasteiger partial charge in [0.25, 0.3) is 0 Å². The van der Waals surface area contributed by atoms with Crippen molar-refractivity contribution in [2.75, 3.05) is 6.54 Å². The normalized spacial score (nSPS) is 12.4. The van der Waals surface area contributed by atoms with Crippen molar-refractivity contribution >= 4 is 10.8 Å². The smallest absolute Gasteiger partial charge is 0.0991 e. The lowest BCUT2D eigenvalue weighted by atomic mass is 10.0. The van der Waals surface area contributed by atoms with Crippen molar-refractivity contribution in [2.24, 2.45) is 0 Å². The molecule has 0 fully saturated rings. The Kier molecular flexibility index (Phi) is 6.24. The number of nitriles is 1. The molecule has 0 heterocycles. The van der Waals surface area contributed by atoms with Crippen LogP contribution in [0.5, 0.6) is 0 Å². The van der Waals surface area contributed by atoms with Crippen LogP contribution < -0.4 is 0 Å². The minimum atomic E-state index is -0.485. The van der Waals surface area contributed by atoms with Gasteiger partial charge >= 0.3 is 0 Å². The van der Waals surface area contributed by atoms with Crippen LogP contribution in [0.4, 0.5) is 0 Å². The molecule has 138 valence electrons. The van der Waals surface area contributed by atoms with Gasteiger partial charge in [-0.1, -0.05) is 48.5 Å². The van der Waals surface area contributed by atoms with Crippen molar-refractivity contribution in [1.29, 1.82) is 5.26 Å². The molecule has 0 aliphatic rings. The number of benzene rings is 3. The van der Waals surface area contributed by atoms with Crippen LogP contribution in [0.25, 0.3) is 10.8 Å². The highest BCUT2D eigenvalue weighted by Gasteiger charge is 2.14. The molecule has 0 bridgehead atoms. The van der Waals surface area contributed by atoms with Crippen LogP contribution >= 0.6 is 0 Å². The lowest BCUT2D eigenvalue weighted by Crippen LogP contribution is -2.32. The largest absolute Gasteiger partial charge is 0.388 e. The SMILES string of the molecule is CC(C)N(CCC(O)c1ccc2ccccc2c1)Cc1cccc(C#N)c1. The van der Waals surface area contributed by atoms with Gasteiger partial charge in [-0.3, -0.25) is 4.90 Å². The summed E-state index contributed by atoms with van der Waals surface area (Å²) in [5.41, 5.74) is 2.78. The van der Waals surface area contributed by atoms with Crippen LogP contribution in [0.2, 0.25) is 0 Å². The van der Waals surface area contributed by atoms with E-state index in [9.17, 15) is 5.11 Å². The Morgan fingerprint density at radius 3 is 2.48 bits per heavy atom. The van der Waals surface area contributed by atoms with Crippen LogP contribution in [-0.2, 0) is 6.54 Å². The van der Waals surface area contributed by atoms with Gasteiger partial charge in [0.05, 0.1) is 17.7 Å². The van der Waals surface area contributed by atoms with Crippen LogP contribution in [0.15, 0.2) is 66.7 Å². The maximum absolute atomic E-state index is 10.7. The summed E-state index contributed by atoms with van der Waals surface area (Å²) in [6, 6.07) is 24.7. The van der Waals surface area contributed by atoms with E-state index in [1.165, 1.54) is 5.39 Å². The summed E-state index contributed by atoms with van der Waals surface area (Å²) in [6.07, 6.45) is 0.190. The van der Waals surface area contributed by atoms with Gasteiger partial charge in [0, 0.05) is 19.1 Å². The zero-order valence-corrected chi connectivity index (χ0v) is 16.0. The molecule has 0 aliphatic heterocycles. The molecular formula is C24H26N2O. The van der Waals surface area contributed by atoms with E-state index >= 15 is 0 Å². The Labute approximate surface area is 161 Å². The maximum Gasteiger partial charge on any atom is 0.0991 e. The summed E-state index contributed by atoms with van der Waals surface area (Å²) in [5.74, 6) is 0. The number of fused-ring (bicyclic) bond motifs is 1. The molecule has 27 heavy (non-hydrogen) atoms. The molecule has 0 saturated heterocycles. The summed E-state index contributed by atoms with van der Waals surface area (Å²) < 4.78 is 0. The summed E-state index contributed by atoms with van der Waals surface area (Å²) in [4.78, 5) is 2.33. The summed E-state index contributed by atoms with van der Waals surface area (Å²) in [7, 11) is 0. The predicted octanol–water partition coefficient (Wildman–Crippen LogP) is 5.05. The molecule has 3 nitrogen and oxygen atoms in total. The molecule has 3 aromatic rings. The van der Waals surface area contributed by atoms with E-state index in [1.807, 2.05) is 36.4 Å². The quantitative estimate of drug-likeness (QED) is 0.643. The predicted molar refractivity (Wildman–Crippen MR) is 110 cm³/mol. The molecule has 0 radical (unpaired) electrons. The van der Waals surface area contributed by atoms with Gasteiger partial charge < -0.3 is 5.11 Å². The van der Waals surface area contributed by atoms with E-state index in [2.05, 4.69) is 55.1 Å². The minimum Gasteiger partial charge on any atom is -0.388 e. The van der Waals surface area contributed by atoms with Gasteiger partial charge in [-0.2, -0.15) is 5.26 Å². The van der Waals surface area contributed by atoms with Gasteiger partial charge in [-0.15, -0.1) is 0 Å². The Bertz CT molecular complexity index is 942. The third-order valence-electron chi connectivity index (χ3n) is 5.02. The standard InChI is InChI=1S/C24H26N2O/c1-18(2)26(17-20-7-5-6-19(14-20)16-25)13-12-24(27)23-11-10-21-8-3-4-9-22(21)15-23/h3-11,14-15,18,24,27H,12-13,17H2,1-2H3. The molecule has 1 atom stereocenters. The average Bonchev–Trinajstić information content (AvgIpc) is 2.70. The fourth-order valence-electron chi connectivity index (χ4n) is 3.36. The van der Waals surface area contributed by atoms with Gasteiger partial charge in [0.2, 0.25) is 0 Å². The van der Waals surface area contributed by atoms with Crippen molar-refractivity contribution < 1.29 is 5.11 Å². The molecular weight excluding hydrogens is 332 g/mol. The zero-order valence-electron chi connectivity index (χ0n) is 16.0. The van der Waals surface area contributed by atoms with Gasteiger partial charge in [0.1, 0.15) is 0 Å². The number of aliphatic hydroxyl groups excluding tert-OH is 1. The highest BCUT2D eigenvalue weighted by Crippen LogP contribution is 2.23. The van der Waals surface area contributed by atoms with Gasteiger partial charge in [0.15, 0.2) is 0 Å². The first-order valence-corrected chi connectivity index (χ1v) is 9.46.